The van der Waals surface area contributed by atoms with E-state index in [0.717, 1.165) is 10.8 Å². The zero-order chi connectivity index (χ0) is 18.6. The predicted molar refractivity (Wildman–Crippen MR) is 84.2 cm³/mol. The number of aliphatic hydroxyl groups is 3. The molecule has 0 spiro atoms. The van der Waals surface area contributed by atoms with Gasteiger partial charge in [-0.15, -0.1) is 0 Å². The van der Waals surface area contributed by atoms with Crippen LogP contribution in [0.2, 0.25) is 0 Å². The van der Waals surface area contributed by atoms with Crippen LogP contribution in [-0.4, -0.2) is 69.2 Å². The summed E-state index contributed by atoms with van der Waals surface area (Å²) >= 11 is 0. The first-order chi connectivity index (χ1) is 11.9. The van der Waals surface area contributed by atoms with Crippen LogP contribution >= 0.6 is 0 Å². The fourth-order valence-electron chi connectivity index (χ4n) is 2.43. The van der Waals surface area contributed by atoms with Crippen LogP contribution in [0.1, 0.15) is 11.8 Å². The second-order valence-corrected chi connectivity index (χ2v) is 5.26. The van der Waals surface area contributed by atoms with E-state index in [1.807, 2.05) is 4.98 Å². The molecule has 138 valence electrons. The standard InChI is InChI=1S/C14H20N4O7/c15-3-1-2-8-6-18(13(22)17-11(8)21)12-14(23,24-5-4-16)10(20)9(7-19)25-12/h6,9-10,12,19-20,23H,3-5,7,15-16H2,(H,17,21,22)/t9-,10-,12-,14+/m1/s1. The van der Waals surface area contributed by atoms with Gasteiger partial charge in [0.05, 0.1) is 19.8 Å². The molecule has 0 bridgehead atoms. The normalized spacial score (nSPS) is 28.6. The number of hydrogen-bond donors (Lipinski definition) is 6. The quantitative estimate of drug-likeness (QED) is 0.224. The summed E-state index contributed by atoms with van der Waals surface area (Å²) in [6.45, 7) is -0.764. The Hall–Kier alpha value is -2.04. The van der Waals surface area contributed by atoms with Crippen LogP contribution in [0.3, 0.4) is 0 Å². The number of nitrogens with zero attached hydrogens (tertiary/aromatic N) is 1. The Labute approximate surface area is 141 Å². The first-order valence-electron chi connectivity index (χ1n) is 7.44. The van der Waals surface area contributed by atoms with Gasteiger partial charge in [-0.1, -0.05) is 11.8 Å². The Kier molecular flexibility index (Phi) is 6.09. The van der Waals surface area contributed by atoms with Crippen molar-refractivity contribution in [3.8, 4) is 11.8 Å². The van der Waals surface area contributed by atoms with E-state index in [4.69, 9.17) is 20.9 Å². The van der Waals surface area contributed by atoms with Gasteiger partial charge in [-0.25, -0.2) is 4.79 Å². The van der Waals surface area contributed by atoms with Crippen LogP contribution in [-0.2, 0) is 9.47 Å². The van der Waals surface area contributed by atoms with Crippen molar-refractivity contribution in [3.63, 3.8) is 0 Å². The van der Waals surface area contributed by atoms with Gasteiger partial charge >= 0.3 is 5.69 Å². The Morgan fingerprint density at radius 3 is 2.76 bits per heavy atom. The molecule has 8 N–H and O–H groups in total. The number of H-pyrrole nitrogens is 1. The third-order valence-electron chi connectivity index (χ3n) is 3.61. The maximum Gasteiger partial charge on any atom is 0.330 e. The molecule has 0 aliphatic carbocycles. The minimum Gasteiger partial charge on any atom is -0.394 e. The highest BCUT2D eigenvalue weighted by molar-refractivity contribution is 5.30. The molecular formula is C14H20N4O7. The fraction of sp³-hybridized carbons (Fsp3) is 0.571. The second kappa shape index (κ2) is 7.89. The molecule has 0 saturated carbocycles. The molecule has 4 atom stereocenters. The third-order valence-corrected chi connectivity index (χ3v) is 3.61. The van der Waals surface area contributed by atoms with Crippen molar-refractivity contribution in [1.29, 1.82) is 0 Å². The minimum atomic E-state index is -2.37. The second-order valence-electron chi connectivity index (χ2n) is 5.26. The van der Waals surface area contributed by atoms with Gasteiger partial charge < -0.3 is 36.3 Å². The summed E-state index contributed by atoms with van der Waals surface area (Å²) in [6.07, 6.45) is -3.37. The van der Waals surface area contributed by atoms with Crippen molar-refractivity contribution in [3.05, 3.63) is 32.6 Å². The van der Waals surface area contributed by atoms with E-state index >= 15 is 0 Å². The van der Waals surface area contributed by atoms with Crippen LogP contribution < -0.4 is 22.7 Å². The van der Waals surface area contributed by atoms with E-state index in [9.17, 15) is 24.9 Å². The summed E-state index contributed by atoms with van der Waals surface area (Å²) in [4.78, 5) is 25.9. The van der Waals surface area contributed by atoms with Gasteiger partial charge in [0.15, 0.2) is 6.23 Å². The zero-order valence-electron chi connectivity index (χ0n) is 13.2. The number of ether oxygens (including phenoxy) is 2. The topological polar surface area (TPSA) is 186 Å². The minimum absolute atomic E-state index is 0.00660. The molecule has 1 aromatic heterocycles. The van der Waals surface area contributed by atoms with Gasteiger partial charge in [0.1, 0.15) is 17.8 Å². The highest BCUT2D eigenvalue weighted by Crippen LogP contribution is 2.38. The van der Waals surface area contributed by atoms with Gasteiger partial charge in [-0.2, -0.15) is 0 Å². The van der Waals surface area contributed by atoms with E-state index in [2.05, 4.69) is 11.8 Å². The lowest BCUT2D eigenvalue weighted by Crippen LogP contribution is -2.52. The van der Waals surface area contributed by atoms with E-state index in [1.165, 1.54) is 0 Å². The average Bonchev–Trinajstić information content (AvgIpc) is 2.84. The molecule has 1 fully saturated rings. The maximum atomic E-state index is 12.1. The molecule has 1 aliphatic heterocycles. The monoisotopic (exact) mass is 356 g/mol. The van der Waals surface area contributed by atoms with Gasteiger partial charge in [0.25, 0.3) is 5.56 Å². The van der Waals surface area contributed by atoms with Crippen molar-refractivity contribution in [2.24, 2.45) is 11.5 Å². The number of aromatic nitrogens is 2. The lowest BCUT2D eigenvalue weighted by molar-refractivity contribution is -0.277. The van der Waals surface area contributed by atoms with Crippen molar-refractivity contribution in [2.75, 3.05) is 26.3 Å². The zero-order valence-corrected chi connectivity index (χ0v) is 13.2. The highest BCUT2D eigenvalue weighted by atomic mass is 16.7. The van der Waals surface area contributed by atoms with Crippen LogP contribution in [0.5, 0.6) is 0 Å². The Balaban J connectivity index is 2.54. The molecule has 25 heavy (non-hydrogen) atoms. The fourth-order valence-corrected chi connectivity index (χ4v) is 2.43. The van der Waals surface area contributed by atoms with Gasteiger partial charge in [-0.3, -0.25) is 14.3 Å². The molecule has 2 rings (SSSR count). The molecular weight excluding hydrogens is 336 g/mol. The molecule has 0 unspecified atom stereocenters. The largest absolute Gasteiger partial charge is 0.394 e. The van der Waals surface area contributed by atoms with Crippen molar-refractivity contribution >= 4 is 0 Å². The Bertz CT molecular complexity index is 780. The number of rotatable bonds is 5. The SMILES string of the molecule is NCC#Cc1cn([C@@H]2O[C@H](CO)[C@@H](O)[C@]2(O)OCCN)c(=O)[nH]c1=O. The highest BCUT2D eigenvalue weighted by Gasteiger charge is 2.57. The first-order valence-corrected chi connectivity index (χ1v) is 7.44. The molecule has 2 heterocycles. The van der Waals surface area contributed by atoms with Crippen molar-refractivity contribution < 1.29 is 24.8 Å². The average molecular weight is 356 g/mol. The number of nitrogens with one attached hydrogen (secondary N) is 1. The molecule has 0 radical (unpaired) electrons. The van der Waals surface area contributed by atoms with Gasteiger partial charge in [-0.05, 0) is 0 Å². The van der Waals surface area contributed by atoms with E-state index in [-0.39, 0.29) is 25.3 Å². The lowest BCUT2D eigenvalue weighted by atomic mass is 10.1. The maximum absolute atomic E-state index is 12.1. The number of hydrogen-bond acceptors (Lipinski definition) is 9. The van der Waals surface area contributed by atoms with Gasteiger partial charge in [0.2, 0.25) is 5.79 Å². The number of nitrogens with two attached hydrogens (primary N) is 2. The predicted octanol–water partition coefficient (Wildman–Crippen LogP) is -4.24. The first kappa shape index (κ1) is 19.3. The van der Waals surface area contributed by atoms with Crippen LogP contribution in [0.15, 0.2) is 15.8 Å². The molecule has 11 nitrogen and oxygen atoms in total. The Morgan fingerprint density at radius 1 is 1.44 bits per heavy atom. The number of aliphatic hydroxyl groups excluding tert-OH is 2. The van der Waals surface area contributed by atoms with Crippen LogP contribution in [0, 0.1) is 11.8 Å². The number of aromatic amines is 1. The summed E-state index contributed by atoms with van der Waals surface area (Å²) in [7, 11) is 0. The van der Waals surface area contributed by atoms with E-state index < -0.39 is 42.1 Å². The summed E-state index contributed by atoms with van der Waals surface area (Å²) in [5, 5.41) is 30.2. The third kappa shape index (κ3) is 3.65. The van der Waals surface area contributed by atoms with Crippen LogP contribution in [0.4, 0.5) is 0 Å². The summed E-state index contributed by atoms with van der Waals surface area (Å²) in [5.41, 5.74) is 8.83. The molecule has 11 heteroatoms. The summed E-state index contributed by atoms with van der Waals surface area (Å²) < 4.78 is 11.4. The van der Waals surface area contributed by atoms with Crippen LogP contribution in [0.25, 0.3) is 0 Å². The smallest absolute Gasteiger partial charge is 0.330 e. The van der Waals surface area contributed by atoms with E-state index in [1.54, 1.807) is 0 Å². The van der Waals surface area contributed by atoms with Crippen molar-refractivity contribution in [2.45, 2.75) is 24.2 Å². The molecule has 1 aromatic rings. The Morgan fingerprint density at radius 2 is 2.16 bits per heavy atom. The van der Waals surface area contributed by atoms with Gasteiger partial charge in [0, 0.05) is 12.7 Å². The summed E-state index contributed by atoms with van der Waals surface area (Å²) in [5.74, 6) is 2.58. The van der Waals surface area contributed by atoms with E-state index in [0.29, 0.717) is 0 Å². The molecule has 0 amide bonds. The lowest BCUT2D eigenvalue weighted by Gasteiger charge is -2.31. The summed E-state index contributed by atoms with van der Waals surface area (Å²) in [6, 6.07) is 0. The molecule has 0 aromatic carbocycles. The van der Waals surface area contributed by atoms with Crippen molar-refractivity contribution in [1.82, 2.24) is 9.55 Å². The molecule has 1 saturated heterocycles. The molecule has 1 aliphatic rings.